The van der Waals surface area contributed by atoms with Crippen LogP contribution in [0.2, 0.25) is 10.0 Å². The first kappa shape index (κ1) is 29.7. The Morgan fingerprint density at radius 3 is 2.39 bits per heavy atom. The number of pyridine rings is 1. The van der Waals surface area contributed by atoms with Gasteiger partial charge in [-0.3, -0.25) is 14.6 Å². The number of carbonyl (C=O) groups excluding carboxylic acids is 2. The van der Waals surface area contributed by atoms with Crippen molar-refractivity contribution in [2.45, 2.75) is 30.9 Å². The minimum absolute atomic E-state index is 0.0404. The molecule has 3 rings (SSSR count). The minimum Gasteiger partial charge on any atom is -0.506 e. The molecule has 0 saturated carbocycles. The van der Waals surface area contributed by atoms with Crippen LogP contribution in [-0.4, -0.2) is 42.2 Å². The Bertz CT molecular complexity index is 1450. The summed E-state index contributed by atoms with van der Waals surface area (Å²) in [6, 6.07) is 8.05. The number of hydrogen-bond donors (Lipinski definition) is 3. The Morgan fingerprint density at radius 1 is 1.08 bits per heavy atom. The highest BCUT2D eigenvalue weighted by molar-refractivity contribution is 9.10. The smallest absolute Gasteiger partial charge is 0.255 e. The van der Waals surface area contributed by atoms with E-state index in [0.29, 0.717) is 16.8 Å². The normalized spacial score (nSPS) is 12.2. The highest BCUT2D eigenvalue weighted by Gasteiger charge is 2.30. The summed E-state index contributed by atoms with van der Waals surface area (Å²) in [7, 11) is -4.02. The fourth-order valence-corrected chi connectivity index (χ4v) is 5.52. The van der Waals surface area contributed by atoms with Crippen LogP contribution in [0.15, 0.2) is 58.2 Å². The van der Waals surface area contributed by atoms with Crippen LogP contribution in [0, 0.1) is 5.92 Å². The van der Waals surface area contributed by atoms with E-state index in [1.165, 1.54) is 43.5 Å². The number of aromatic nitrogens is 1. The molecule has 9 nitrogen and oxygen atoms in total. The zero-order chi connectivity index (χ0) is 28.2. The number of phenolic OH excluding ortho intramolecular Hbond substituents is 1. The molecule has 3 aromatic rings. The molecule has 202 valence electrons. The second-order valence-electron chi connectivity index (χ2n) is 8.64. The molecule has 1 unspecified atom stereocenters. The molecule has 0 fully saturated rings. The van der Waals surface area contributed by atoms with Gasteiger partial charge in [0.2, 0.25) is 5.91 Å². The number of rotatable bonds is 9. The molecule has 0 saturated heterocycles. The van der Waals surface area contributed by atoms with Crippen molar-refractivity contribution in [1.29, 1.82) is 0 Å². The van der Waals surface area contributed by atoms with Crippen molar-refractivity contribution in [3.63, 3.8) is 0 Å². The predicted octanol–water partition coefficient (Wildman–Crippen LogP) is 5.94. The topological polar surface area (TPSA) is 135 Å². The fraction of sp³-hybridized carbons (Fsp3) is 0.240. The monoisotopic (exact) mass is 643 g/mol. The first-order valence-electron chi connectivity index (χ1n) is 11.2. The van der Waals surface area contributed by atoms with Crippen LogP contribution in [0.25, 0.3) is 0 Å². The number of anilines is 2. The van der Waals surface area contributed by atoms with E-state index in [4.69, 9.17) is 27.9 Å². The van der Waals surface area contributed by atoms with Gasteiger partial charge in [0.15, 0.2) is 15.6 Å². The summed E-state index contributed by atoms with van der Waals surface area (Å²) in [5.41, 5.74) is 0.0976. The van der Waals surface area contributed by atoms with E-state index in [-0.39, 0.29) is 37.8 Å². The number of nitrogens with one attached hydrogen (secondary N) is 2. The second kappa shape index (κ2) is 12.3. The number of sulfone groups is 1. The quantitative estimate of drug-likeness (QED) is 0.245. The van der Waals surface area contributed by atoms with Crippen molar-refractivity contribution in [3.05, 3.63) is 68.9 Å². The van der Waals surface area contributed by atoms with Crippen molar-refractivity contribution in [3.8, 4) is 11.5 Å². The van der Waals surface area contributed by atoms with E-state index < -0.39 is 32.7 Å². The lowest BCUT2D eigenvalue weighted by Gasteiger charge is -2.16. The number of benzene rings is 2. The van der Waals surface area contributed by atoms with Gasteiger partial charge >= 0.3 is 0 Å². The first-order chi connectivity index (χ1) is 17.8. The summed E-state index contributed by atoms with van der Waals surface area (Å²) in [4.78, 5) is 29.2. The van der Waals surface area contributed by atoms with E-state index in [2.05, 4.69) is 31.5 Å². The zero-order valence-electron chi connectivity index (χ0n) is 20.5. The minimum atomic E-state index is -4.02. The summed E-state index contributed by atoms with van der Waals surface area (Å²) in [6.45, 7) is 5.64. The number of nitrogens with zero attached hydrogens (tertiary/aromatic N) is 1. The van der Waals surface area contributed by atoms with Crippen LogP contribution in [0.5, 0.6) is 11.5 Å². The lowest BCUT2D eigenvalue weighted by atomic mass is 10.2. The average molecular weight is 645 g/mol. The third kappa shape index (κ3) is 6.96. The number of amides is 2. The number of hydrogen-bond acceptors (Lipinski definition) is 7. The Kier molecular flexibility index (Phi) is 9.64. The molecule has 38 heavy (non-hydrogen) atoms. The summed E-state index contributed by atoms with van der Waals surface area (Å²) < 4.78 is 31.6. The zero-order valence-corrected chi connectivity index (χ0v) is 24.4. The molecule has 0 spiro atoms. The summed E-state index contributed by atoms with van der Waals surface area (Å²) in [5, 5.41) is 14.1. The van der Waals surface area contributed by atoms with Crippen molar-refractivity contribution in [2.75, 3.05) is 17.2 Å². The maximum Gasteiger partial charge on any atom is 0.255 e. The van der Waals surface area contributed by atoms with Gasteiger partial charge in [0.25, 0.3) is 5.91 Å². The highest BCUT2D eigenvalue weighted by Crippen LogP contribution is 2.37. The molecule has 1 heterocycles. The Morgan fingerprint density at radius 2 is 1.79 bits per heavy atom. The van der Waals surface area contributed by atoms with Gasteiger partial charge in [-0.05, 0) is 59.1 Å². The van der Waals surface area contributed by atoms with E-state index >= 15 is 0 Å². The average Bonchev–Trinajstić information content (AvgIpc) is 2.86. The van der Waals surface area contributed by atoms with Crippen molar-refractivity contribution in [1.82, 2.24) is 4.98 Å². The number of aromatic hydroxyl groups is 1. The standard InChI is InChI=1S/C25H24BrCl2N3O6S/c1-13(2)12-37-23-17(26)7-15(8-19(23)28)25(34)31-21-9-18(27)20(10-22(21)32)30-24(33)14(3)38(35,36)16-5-4-6-29-11-16/h4-11,13-14,32H,12H2,1-3H3,(H,30,33)(H,31,34). The molecular formula is C25H24BrCl2N3O6S. The van der Waals surface area contributed by atoms with Crippen LogP contribution in [0.4, 0.5) is 11.4 Å². The molecule has 3 N–H and O–H groups in total. The van der Waals surface area contributed by atoms with Gasteiger partial charge in [-0.15, -0.1) is 0 Å². The molecule has 0 aliphatic rings. The van der Waals surface area contributed by atoms with Crippen molar-refractivity contribution < 1.29 is 27.9 Å². The van der Waals surface area contributed by atoms with Gasteiger partial charge in [0.1, 0.15) is 11.0 Å². The van der Waals surface area contributed by atoms with Crippen molar-refractivity contribution >= 4 is 72.2 Å². The molecular weight excluding hydrogens is 621 g/mol. The van der Waals surface area contributed by atoms with Gasteiger partial charge in [0, 0.05) is 24.0 Å². The molecule has 2 amide bonds. The number of phenols is 1. The SMILES string of the molecule is CC(C)COc1c(Cl)cc(C(=O)Nc2cc(Cl)c(NC(=O)C(C)S(=O)(=O)c3cccnc3)cc2O)cc1Br. The number of halogens is 3. The molecule has 2 aromatic carbocycles. The van der Waals surface area contributed by atoms with E-state index in [9.17, 15) is 23.1 Å². The largest absolute Gasteiger partial charge is 0.506 e. The number of ether oxygens (including phenoxy) is 1. The lowest BCUT2D eigenvalue weighted by molar-refractivity contribution is -0.115. The Hall–Kier alpha value is -2.86. The molecule has 0 bridgehead atoms. The van der Waals surface area contributed by atoms with Crippen LogP contribution in [-0.2, 0) is 14.6 Å². The second-order valence-corrected chi connectivity index (χ2v) is 12.6. The Labute approximate surface area is 238 Å². The number of carbonyl (C=O) groups is 2. The first-order valence-corrected chi connectivity index (χ1v) is 14.3. The summed E-state index contributed by atoms with van der Waals surface area (Å²) in [5.74, 6) is -1.20. The van der Waals surface area contributed by atoms with Gasteiger partial charge < -0.3 is 20.5 Å². The Balaban J connectivity index is 1.76. The molecule has 1 atom stereocenters. The van der Waals surface area contributed by atoms with E-state index in [0.717, 1.165) is 12.3 Å². The van der Waals surface area contributed by atoms with E-state index in [1.54, 1.807) is 0 Å². The fourth-order valence-electron chi connectivity index (χ4n) is 3.13. The molecule has 1 aromatic heterocycles. The van der Waals surface area contributed by atoms with Crippen LogP contribution in [0.1, 0.15) is 31.1 Å². The summed E-state index contributed by atoms with van der Waals surface area (Å²) in [6.07, 6.45) is 2.56. The summed E-state index contributed by atoms with van der Waals surface area (Å²) >= 11 is 15.9. The maximum atomic E-state index is 12.8. The van der Waals surface area contributed by atoms with Crippen LogP contribution < -0.4 is 15.4 Å². The van der Waals surface area contributed by atoms with Crippen molar-refractivity contribution in [2.24, 2.45) is 5.92 Å². The van der Waals surface area contributed by atoms with Gasteiger partial charge in [-0.2, -0.15) is 0 Å². The highest BCUT2D eigenvalue weighted by atomic mass is 79.9. The molecule has 13 heteroatoms. The lowest BCUT2D eigenvalue weighted by Crippen LogP contribution is -2.32. The maximum absolute atomic E-state index is 12.8. The molecule has 0 aliphatic carbocycles. The van der Waals surface area contributed by atoms with Gasteiger partial charge in [-0.25, -0.2) is 8.42 Å². The molecule has 0 radical (unpaired) electrons. The molecule has 0 aliphatic heterocycles. The predicted molar refractivity (Wildman–Crippen MR) is 150 cm³/mol. The van der Waals surface area contributed by atoms with Gasteiger partial charge in [-0.1, -0.05) is 37.0 Å². The van der Waals surface area contributed by atoms with E-state index in [1.807, 2.05) is 13.8 Å². The van der Waals surface area contributed by atoms with Gasteiger partial charge in [0.05, 0.1) is 37.4 Å². The van der Waals surface area contributed by atoms with Crippen LogP contribution in [0.3, 0.4) is 0 Å². The third-order valence-electron chi connectivity index (χ3n) is 5.21. The van der Waals surface area contributed by atoms with Crippen LogP contribution >= 0.6 is 39.1 Å². The third-order valence-corrected chi connectivity index (χ3v) is 8.44.